The molecule has 3 aliphatic heterocycles. The number of para-hydroxylation sites is 1. The molecule has 3 fully saturated rings. The maximum Gasteiger partial charge on any atom is 0.475 e. The van der Waals surface area contributed by atoms with Crippen LogP contribution >= 0.6 is 7.82 Å². The van der Waals surface area contributed by atoms with Crippen LogP contribution in [0, 0.1) is 0 Å². The Hall–Kier alpha value is -0.870. The lowest BCUT2D eigenvalue weighted by atomic mass is 10.0. The van der Waals surface area contributed by atoms with Crippen molar-refractivity contribution in [1.82, 2.24) is 0 Å². The Morgan fingerprint density at radius 1 is 1.12 bits per heavy atom. The normalized spacial score (nSPS) is 35.8. The molecule has 0 aliphatic carbocycles. The van der Waals surface area contributed by atoms with E-state index in [-0.39, 0.29) is 5.54 Å². The van der Waals surface area contributed by atoms with Gasteiger partial charge in [-0.25, -0.2) is 4.57 Å². The molecular formula is C11H14NO4P. The monoisotopic (exact) mass is 255 g/mol. The van der Waals surface area contributed by atoms with Gasteiger partial charge in [0.25, 0.3) is 0 Å². The standard InChI is InChI=1S/C11H14NO4P/c1-12(10-5-3-2-4-6-10)11-7-14-17(13,15-8-11)16-9-11/h2-6H,7-9H2,1H3. The average molecular weight is 255 g/mol. The summed E-state index contributed by atoms with van der Waals surface area (Å²) in [6.07, 6.45) is 0. The molecule has 0 aromatic heterocycles. The second-order valence-corrected chi connectivity index (χ2v) is 6.06. The number of nitrogens with zero attached hydrogens (tertiary/aromatic N) is 1. The van der Waals surface area contributed by atoms with Crippen LogP contribution in [0.3, 0.4) is 0 Å². The molecule has 0 saturated carbocycles. The number of phosphoric ester groups is 1. The van der Waals surface area contributed by atoms with Gasteiger partial charge in [-0.3, -0.25) is 13.6 Å². The molecule has 0 amide bonds. The minimum atomic E-state index is -3.23. The quantitative estimate of drug-likeness (QED) is 0.757. The van der Waals surface area contributed by atoms with E-state index in [1.165, 1.54) is 0 Å². The SMILES string of the molecule is CN(c1ccccc1)C12COP(=O)(OC1)OC2. The van der Waals surface area contributed by atoms with Gasteiger partial charge in [-0.15, -0.1) is 0 Å². The van der Waals surface area contributed by atoms with E-state index in [9.17, 15) is 4.57 Å². The smallest absolute Gasteiger partial charge is 0.362 e. The van der Waals surface area contributed by atoms with Crippen LogP contribution in [-0.2, 0) is 18.1 Å². The molecule has 0 radical (unpaired) electrons. The summed E-state index contributed by atoms with van der Waals surface area (Å²) in [5, 5.41) is 0. The van der Waals surface area contributed by atoms with Crippen molar-refractivity contribution in [2.45, 2.75) is 5.54 Å². The van der Waals surface area contributed by atoms with Crippen molar-refractivity contribution in [3.05, 3.63) is 30.3 Å². The van der Waals surface area contributed by atoms with Crippen molar-refractivity contribution >= 4 is 13.5 Å². The van der Waals surface area contributed by atoms with E-state index >= 15 is 0 Å². The fourth-order valence-electron chi connectivity index (χ4n) is 2.05. The molecule has 1 aromatic carbocycles. The Balaban J connectivity index is 1.87. The number of phosphoric acid groups is 1. The molecule has 0 spiro atoms. The first-order chi connectivity index (χ1) is 8.14. The highest BCUT2D eigenvalue weighted by atomic mass is 31.2. The van der Waals surface area contributed by atoms with Gasteiger partial charge < -0.3 is 4.90 Å². The van der Waals surface area contributed by atoms with Crippen LogP contribution in [0.4, 0.5) is 5.69 Å². The predicted octanol–water partition coefficient (Wildman–Crippen LogP) is 2.05. The van der Waals surface area contributed by atoms with E-state index in [1.54, 1.807) is 0 Å². The second-order valence-electron chi connectivity index (χ2n) is 4.39. The first-order valence-corrected chi connectivity index (χ1v) is 6.92. The van der Waals surface area contributed by atoms with Crippen molar-refractivity contribution in [2.24, 2.45) is 0 Å². The summed E-state index contributed by atoms with van der Waals surface area (Å²) in [6, 6.07) is 9.94. The van der Waals surface area contributed by atoms with E-state index in [1.807, 2.05) is 37.4 Å². The van der Waals surface area contributed by atoms with Crippen LogP contribution < -0.4 is 4.90 Å². The molecule has 3 heterocycles. The zero-order valence-electron chi connectivity index (χ0n) is 9.54. The zero-order valence-corrected chi connectivity index (χ0v) is 10.4. The lowest BCUT2D eigenvalue weighted by molar-refractivity contribution is -0.0488. The van der Waals surface area contributed by atoms with Gasteiger partial charge in [0, 0.05) is 12.7 Å². The number of benzene rings is 1. The molecule has 5 nitrogen and oxygen atoms in total. The maximum atomic E-state index is 11.7. The minimum absolute atomic E-state index is 0.371. The summed E-state index contributed by atoms with van der Waals surface area (Å²) in [7, 11) is -1.26. The van der Waals surface area contributed by atoms with Crippen molar-refractivity contribution in [1.29, 1.82) is 0 Å². The Bertz CT molecular complexity index is 433. The highest BCUT2D eigenvalue weighted by Gasteiger charge is 2.52. The number of fused-ring (bicyclic) bond motifs is 3. The summed E-state index contributed by atoms with van der Waals surface area (Å²) >= 11 is 0. The summed E-state index contributed by atoms with van der Waals surface area (Å²) in [5.41, 5.74) is 0.676. The molecule has 3 aliphatic rings. The first-order valence-electron chi connectivity index (χ1n) is 5.46. The van der Waals surface area contributed by atoms with Gasteiger partial charge in [0.2, 0.25) is 0 Å². The van der Waals surface area contributed by atoms with E-state index in [4.69, 9.17) is 13.6 Å². The van der Waals surface area contributed by atoms with Crippen molar-refractivity contribution < 1.29 is 18.1 Å². The highest BCUT2D eigenvalue weighted by Crippen LogP contribution is 2.58. The third-order valence-electron chi connectivity index (χ3n) is 3.33. The van der Waals surface area contributed by atoms with Gasteiger partial charge in [-0.2, -0.15) is 0 Å². The van der Waals surface area contributed by atoms with Gasteiger partial charge in [-0.05, 0) is 12.1 Å². The first kappa shape index (κ1) is 11.2. The Labute approximate surface area is 99.9 Å². The van der Waals surface area contributed by atoms with Gasteiger partial charge in [0.05, 0.1) is 19.8 Å². The fraction of sp³-hybridized carbons (Fsp3) is 0.455. The van der Waals surface area contributed by atoms with Gasteiger partial charge in [0.1, 0.15) is 5.54 Å². The molecule has 6 heteroatoms. The summed E-state index contributed by atoms with van der Waals surface area (Å²) < 4.78 is 27.2. The van der Waals surface area contributed by atoms with E-state index < -0.39 is 7.82 Å². The zero-order chi connectivity index (χ0) is 11.9. The molecule has 17 heavy (non-hydrogen) atoms. The Kier molecular flexibility index (Phi) is 2.52. The van der Waals surface area contributed by atoms with Gasteiger partial charge >= 0.3 is 7.82 Å². The Morgan fingerprint density at radius 3 is 2.18 bits per heavy atom. The third-order valence-corrected chi connectivity index (χ3v) is 4.66. The van der Waals surface area contributed by atoms with Crippen molar-refractivity contribution in [2.75, 3.05) is 31.8 Å². The molecule has 0 unspecified atom stereocenters. The van der Waals surface area contributed by atoms with E-state index in [0.29, 0.717) is 19.8 Å². The van der Waals surface area contributed by atoms with Gasteiger partial charge in [0.15, 0.2) is 0 Å². The fourth-order valence-corrected chi connectivity index (χ4v) is 3.47. The number of hydrogen-bond donors (Lipinski definition) is 0. The van der Waals surface area contributed by atoms with E-state index in [2.05, 4.69) is 4.90 Å². The number of likely N-dealkylation sites (N-methyl/N-ethyl adjacent to an activating group) is 1. The largest absolute Gasteiger partial charge is 0.475 e. The molecule has 92 valence electrons. The van der Waals surface area contributed by atoms with Crippen LogP contribution in [0.15, 0.2) is 30.3 Å². The lowest BCUT2D eigenvalue weighted by Gasteiger charge is -2.49. The van der Waals surface area contributed by atoms with Crippen molar-refractivity contribution in [3.8, 4) is 0 Å². The van der Waals surface area contributed by atoms with Gasteiger partial charge in [-0.1, -0.05) is 18.2 Å². The second kappa shape index (κ2) is 3.82. The van der Waals surface area contributed by atoms with Crippen LogP contribution in [0.2, 0.25) is 0 Å². The number of rotatable bonds is 2. The highest BCUT2D eigenvalue weighted by molar-refractivity contribution is 7.48. The van der Waals surface area contributed by atoms with E-state index in [0.717, 1.165) is 5.69 Å². The van der Waals surface area contributed by atoms with Crippen LogP contribution in [0.5, 0.6) is 0 Å². The minimum Gasteiger partial charge on any atom is -0.362 e. The maximum absolute atomic E-state index is 11.7. The van der Waals surface area contributed by atoms with Crippen LogP contribution in [-0.4, -0.2) is 32.4 Å². The molecular weight excluding hydrogens is 241 g/mol. The summed E-state index contributed by atoms with van der Waals surface area (Å²) in [6.45, 7) is 1.11. The lowest BCUT2D eigenvalue weighted by Crippen LogP contribution is -2.61. The molecule has 0 atom stereocenters. The topological polar surface area (TPSA) is 48.0 Å². The molecule has 0 N–H and O–H groups in total. The molecule has 2 bridgehead atoms. The van der Waals surface area contributed by atoms with Crippen LogP contribution in [0.1, 0.15) is 0 Å². The predicted molar refractivity (Wildman–Crippen MR) is 63.0 cm³/mol. The molecule has 1 aromatic rings. The molecule has 3 saturated heterocycles. The third kappa shape index (κ3) is 1.79. The van der Waals surface area contributed by atoms with Crippen LogP contribution in [0.25, 0.3) is 0 Å². The number of anilines is 1. The summed E-state index contributed by atoms with van der Waals surface area (Å²) in [4.78, 5) is 2.07. The summed E-state index contributed by atoms with van der Waals surface area (Å²) in [5.74, 6) is 0. The Morgan fingerprint density at radius 2 is 1.65 bits per heavy atom. The molecule has 4 rings (SSSR count). The average Bonchev–Trinajstić information content (AvgIpc) is 2.40. The number of hydrogen-bond acceptors (Lipinski definition) is 5. The van der Waals surface area contributed by atoms with Crippen molar-refractivity contribution in [3.63, 3.8) is 0 Å².